The monoisotopic (exact) mass is 513 g/mol. The van der Waals surface area contributed by atoms with E-state index < -0.39 is 11.4 Å². The Kier molecular flexibility index (Phi) is 6.63. The Hall–Kier alpha value is -3.14. The molecule has 36 heavy (non-hydrogen) atoms. The number of H-pyrrole nitrogens is 1. The smallest absolute Gasteiger partial charge is 0.384 e. The third-order valence-electron chi connectivity index (χ3n) is 7.14. The number of hydrogen-bond acceptors (Lipinski definition) is 7. The van der Waals surface area contributed by atoms with Gasteiger partial charge in [-0.2, -0.15) is 0 Å². The largest absolute Gasteiger partial charge is 0.434 e. The van der Waals surface area contributed by atoms with Gasteiger partial charge in [-0.3, -0.25) is 4.99 Å². The summed E-state index contributed by atoms with van der Waals surface area (Å²) in [7, 11) is 0. The van der Waals surface area contributed by atoms with Crippen LogP contribution in [0, 0.1) is 11.8 Å². The highest BCUT2D eigenvalue weighted by Gasteiger charge is 2.44. The Labute approximate surface area is 212 Å². The maximum atomic E-state index is 15.9. The van der Waals surface area contributed by atoms with E-state index in [1.54, 1.807) is 6.92 Å². The minimum atomic E-state index is -1.51. The van der Waals surface area contributed by atoms with Crippen molar-refractivity contribution in [3.63, 3.8) is 0 Å². The van der Waals surface area contributed by atoms with Crippen molar-refractivity contribution in [1.82, 2.24) is 29.7 Å². The maximum Gasteiger partial charge on any atom is 0.434 e. The summed E-state index contributed by atoms with van der Waals surface area (Å²) in [6.45, 7) is 8.77. The van der Waals surface area contributed by atoms with Gasteiger partial charge in [-0.25, -0.2) is 29.2 Å². The van der Waals surface area contributed by atoms with Gasteiger partial charge in [0, 0.05) is 29.6 Å². The Morgan fingerprint density at radius 2 is 2.06 bits per heavy atom. The molecule has 5 rings (SSSR count). The Balaban J connectivity index is 1.69. The zero-order valence-electron chi connectivity index (χ0n) is 20.4. The molecule has 0 saturated heterocycles. The molecule has 3 aromatic heterocycles. The fourth-order valence-corrected chi connectivity index (χ4v) is 5.03. The summed E-state index contributed by atoms with van der Waals surface area (Å²) in [6.07, 6.45) is 9.15. The first-order valence-electron chi connectivity index (χ1n) is 12.3. The van der Waals surface area contributed by atoms with Crippen molar-refractivity contribution in [2.75, 3.05) is 0 Å². The molecule has 0 aromatic carbocycles. The minimum Gasteiger partial charge on any atom is -0.384 e. The van der Waals surface area contributed by atoms with Crippen LogP contribution < -0.4 is 5.76 Å². The lowest BCUT2D eigenvalue weighted by molar-refractivity contribution is 0.0458. The molecule has 2 aliphatic rings. The van der Waals surface area contributed by atoms with Crippen LogP contribution in [-0.2, 0) is 12.2 Å². The van der Waals surface area contributed by atoms with Crippen molar-refractivity contribution in [3.8, 4) is 11.7 Å². The first-order chi connectivity index (χ1) is 17.2. The summed E-state index contributed by atoms with van der Waals surface area (Å²) in [4.78, 5) is 29.6. The summed E-state index contributed by atoms with van der Waals surface area (Å²) in [5, 5.41) is 6.58. The second kappa shape index (κ2) is 9.72. The van der Waals surface area contributed by atoms with Crippen molar-refractivity contribution < 1.29 is 8.81 Å². The molecule has 2 saturated carbocycles. The number of hydrogen-bond donors (Lipinski definition) is 1. The number of aromatic amines is 1. The van der Waals surface area contributed by atoms with Gasteiger partial charge in [-0.15, -0.1) is 5.10 Å². The normalized spacial score (nSPS) is 22.3. The molecule has 3 aromatic rings. The van der Waals surface area contributed by atoms with Crippen LogP contribution in [0.4, 0.5) is 4.39 Å². The Morgan fingerprint density at radius 3 is 2.67 bits per heavy atom. The lowest BCUT2D eigenvalue weighted by Gasteiger charge is -2.34. The summed E-state index contributed by atoms with van der Waals surface area (Å²) in [5.41, 5.74) is 0.282. The molecule has 190 valence electrons. The fourth-order valence-electron chi connectivity index (χ4n) is 4.97. The number of allylic oxidation sites excluding steroid dienone is 2. The van der Waals surface area contributed by atoms with Crippen LogP contribution in [0.5, 0.6) is 0 Å². The highest BCUT2D eigenvalue weighted by atomic mass is 35.5. The third kappa shape index (κ3) is 4.78. The number of imidazole rings is 1. The van der Waals surface area contributed by atoms with E-state index in [4.69, 9.17) is 21.0 Å². The molecule has 0 unspecified atom stereocenters. The molecule has 2 aliphatic carbocycles. The maximum absolute atomic E-state index is 15.9. The average Bonchev–Trinajstić information content (AvgIpc) is 3.42. The number of nitrogens with one attached hydrogen (secondary N) is 1. The summed E-state index contributed by atoms with van der Waals surface area (Å²) in [6, 6.07) is 0. The van der Waals surface area contributed by atoms with Gasteiger partial charge in [-0.05, 0) is 50.9 Å². The molecule has 3 heterocycles. The van der Waals surface area contributed by atoms with Crippen LogP contribution in [-0.4, -0.2) is 35.9 Å². The highest BCUT2D eigenvalue weighted by molar-refractivity contribution is 6.29. The van der Waals surface area contributed by atoms with Gasteiger partial charge in [0.25, 0.3) is 5.89 Å². The Morgan fingerprint density at radius 1 is 1.31 bits per heavy atom. The van der Waals surface area contributed by atoms with Crippen molar-refractivity contribution in [2.45, 2.75) is 71.0 Å². The second-order valence-electron chi connectivity index (χ2n) is 10.00. The molecule has 0 spiro atoms. The van der Waals surface area contributed by atoms with Crippen molar-refractivity contribution in [3.05, 3.63) is 39.9 Å². The topological polar surface area (TPSA) is 115 Å². The van der Waals surface area contributed by atoms with Gasteiger partial charge in [0.05, 0.1) is 0 Å². The molecule has 0 atom stereocenters. The van der Waals surface area contributed by atoms with E-state index in [1.807, 2.05) is 4.57 Å². The van der Waals surface area contributed by atoms with Crippen LogP contribution in [0.15, 0.2) is 32.0 Å². The van der Waals surface area contributed by atoms with E-state index >= 15 is 4.39 Å². The van der Waals surface area contributed by atoms with Gasteiger partial charge in [0.1, 0.15) is 17.0 Å². The van der Waals surface area contributed by atoms with E-state index in [9.17, 15) is 4.79 Å². The predicted octanol–water partition coefficient (Wildman–Crippen LogP) is 5.53. The fraction of sp³-hybridized carbons (Fsp3) is 0.520. The summed E-state index contributed by atoms with van der Waals surface area (Å²) in [5.74, 6) is 0.729. The predicted molar refractivity (Wildman–Crippen MR) is 136 cm³/mol. The number of rotatable bonds is 7. The quantitative estimate of drug-likeness (QED) is 0.415. The molecule has 0 bridgehead atoms. The third-order valence-corrected chi connectivity index (χ3v) is 7.24. The van der Waals surface area contributed by atoms with E-state index in [-0.39, 0.29) is 11.7 Å². The van der Waals surface area contributed by atoms with Crippen molar-refractivity contribution >= 4 is 34.6 Å². The molecule has 2 fully saturated rings. The number of aromatic nitrogens is 6. The van der Waals surface area contributed by atoms with Crippen LogP contribution in [0.1, 0.15) is 70.3 Å². The Bertz CT molecular complexity index is 1400. The molecular weight excluding hydrogens is 485 g/mol. The van der Waals surface area contributed by atoms with Gasteiger partial charge >= 0.3 is 5.76 Å². The summed E-state index contributed by atoms with van der Waals surface area (Å²) >= 11 is 5.91. The molecule has 0 radical (unpaired) electrons. The molecule has 1 N–H and O–H groups in total. The van der Waals surface area contributed by atoms with Gasteiger partial charge in [-0.1, -0.05) is 37.9 Å². The van der Waals surface area contributed by atoms with Gasteiger partial charge in [0.2, 0.25) is 5.82 Å². The van der Waals surface area contributed by atoms with E-state index in [0.717, 1.165) is 32.1 Å². The number of aliphatic imine (C=N–C) groups is 1. The van der Waals surface area contributed by atoms with Crippen molar-refractivity contribution in [2.24, 2.45) is 16.8 Å². The number of nitrogens with zero attached hydrogens (tertiary/aromatic N) is 6. The van der Waals surface area contributed by atoms with Crippen LogP contribution in [0.3, 0.4) is 0 Å². The standard InChI is InChI=1S/C25H29ClFN7O2/c1-14-5-7-17(8-6-14)13-34-19-18(15(2)11-28-12-16(3)26)29-21(22-32-33-24(35)36-22)30-20(19)31-23(34)25(27)9-4-10-25/h11-12,14,17H,2,4-10,13H2,1,3H3,(H,33,35)/b16-12+,28-11?. The van der Waals surface area contributed by atoms with Gasteiger partial charge in [0.15, 0.2) is 11.3 Å². The lowest BCUT2D eigenvalue weighted by Crippen LogP contribution is -2.33. The molecular formula is C25H29ClFN7O2. The van der Waals surface area contributed by atoms with Crippen LogP contribution >= 0.6 is 11.6 Å². The second-order valence-corrected chi connectivity index (χ2v) is 10.6. The minimum absolute atomic E-state index is 0.0543. The number of fused-ring (bicyclic) bond motifs is 1. The van der Waals surface area contributed by atoms with Crippen LogP contribution in [0.25, 0.3) is 28.5 Å². The molecule has 0 amide bonds. The first kappa shape index (κ1) is 24.5. The van der Waals surface area contributed by atoms with Gasteiger partial charge < -0.3 is 8.98 Å². The first-order valence-corrected chi connectivity index (χ1v) is 12.7. The number of alkyl halides is 1. The summed E-state index contributed by atoms with van der Waals surface area (Å²) < 4.78 is 23.0. The van der Waals surface area contributed by atoms with E-state index in [1.165, 1.54) is 12.4 Å². The zero-order chi connectivity index (χ0) is 25.4. The van der Waals surface area contributed by atoms with Crippen LogP contribution in [0.2, 0.25) is 0 Å². The average molecular weight is 514 g/mol. The van der Waals surface area contributed by atoms with E-state index in [2.05, 4.69) is 38.7 Å². The zero-order valence-corrected chi connectivity index (χ0v) is 21.2. The van der Waals surface area contributed by atoms with Crippen molar-refractivity contribution in [1.29, 1.82) is 0 Å². The highest BCUT2D eigenvalue weighted by Crippen LogP contribution is 2.46. The molecule has 0 aliphatic heterocycles. The SMILES string of the molecule is C=C(C=N/C=C(\C)Cl)c1nc(-c2n[nH]c(=O)o2)nc2nc(C3(F)CCC3)n(CC3CCC(C)CC3)c12. The number of halogens is 2. The molecule has 11 heteroatoms. The molecule has 9 nitrogen and oxygen atoms in total. The van der Waals surface area contributed by atoms with E-state index in [0.29, 0.717) is 64.5 Å². The lowest BCUT2D eigenvalue weighted by atomic mass is 9.80.